The zero-order valence-electron chi connectivity index (χ0n) is 8.87. The fraction of sp³-hybridized carbons (Fsp3) is 0.364. The van der Waals surface area contributed by atoms with E-state index in [4.69, 9.17) is 10.5 Å². The van der Waals surface area contributed by atoms with Gasteiger partial charge < -0.3 is 10.5 Å². The number of nitrogens with zero attached hydrogens (tertiary/aromatic N) is 1. The van der Waals surface area contributed by atoms with Crippen molar-refractivity contribution in [3.8, 4) is 0 Å². The van der Waals surface area contributed by atoms with Gasteiger partial charge in [0.25, 0.3) is 6.43 Å². The average molecular weight is 244 g/mol. The van der Waals surface area contributed by atoms with E-state index in [1.165, 1.54) is 18.3 Å². The number of hydrogen-bond donors (Lipinski definition) is 1. The Bertz CT molecular complexity index is 450. The summed E-state index contributed by atoms with van der Waals surface area (Å²) in [5.41, 5.74) is 3.48. The Morgan fingerprint density at radius 1 is 1.41 bits per heavy atom. The SMILES string of the molecule is Nc1ccc(F)c([C@]2(C(F)F)COCC=N2)c1. The Hall–Kier alpha value is -1.56. The highest BCUT2D eigenvalue weighted by atomic mass is 19.3. The third kappa shape index (κ3) is 2.00. The molecule has 1 aromatic carbocycles. The van der Waals surface area contributed by atoms with Gasteiger partial charge in [0.1, 0.15) is 5.82 Å². The fourth-order valence-corrected chi connectivity index (χ4v) is 1.76. The van der Waals surface area contributed by atoms with Crippen molar-refractivity contribution in [1.29, 1.82) is 0 Å². The van der Waals surface area contributed by atoms with Gasteiger partial charge in [0.2, 0.25) is 0 Å². The summed E-state index contributed by atoms with van der Waals surface area (Å²) >= 11 is 0. The number of hydrogen-bond acceptors (Lipinski definition) is 3. The lowest BCUT2D eigenvalue weighted by Gasteiger charge is -2.32. The predicted molar refractivity (Wildman–Crippen MR) is 57.8 cm³/mol. The maximum atomic E-state index is 13.6. The van der Waals surface area contributed by atoms with E-state index in [9.17, 15) is 13.2 Å². The molecule has 3 nitrogen and oxygen atoms in total. The minimum Gasteiger partial charge on any atom is -0.399 e. The second-order valence-electron chi connectivity index (χ2n) is 3.79. The molecule has 1 aromatic rings. The first kappa shape index (κ1) is 11.9. The van der Waals surface area contributed by atoms with Crippen LogP contribution in [0.3, 0.4) is 0 Å². The van der Waals surface area contributed by atoms with Crippen molar-refractivity contribution in [3.63, 3.8) is 0 Å². The highest BCUT2D eigenvalue weighted by Gasteiger charge is 2.45. The van der Waals surface area contributed by atoms with Gasteiger partial charge in [0.15, 0.2) is 5.54 Å². The number of rotatable bonds is 2. The van der Waals surface area contributed by atoms with Crippen molar-refractivity contribution < 1.29 is 17.9 Å². The standard InChI is InChI=1S/C11H11F3N2O/c12-9-2-1-7(15)5-8(9)11(10(13)14)6-17-4-3-16-11/h1-3,5,10H,4,6,15H2/t11-/m0/s1. The van der Waals surface area contributed by atoms with Crippen molar-refractivity contribution >= 4 is 11.9 Å². The zero-order valence-corrected chi connectivity index (χ0v) is 8.87. The van der Waals surface area contributed by atoms with Crippen LogP contribution in [0, 0.1) is 5.82 Å². The van der Waals surface area contributed by atoms with E-state index in [0.717, 1.165) is 6.07 Å². The fourth-order valence-electron chi connectivity index (χ4n) is 1.76. The van der Waals surface area contributed by atoms with Crippen molar-refractivity contribution in [2.24, 2.45) is 4.99 Å². The van der Waals surface area contributed by atoms with Crippen LogP contribution < -0.4 is 5.73 Å². The van der Waals surface area contributed by atoms with Gasteiger partial charge >= 0.3 is 0 Å². The van der Waals surface area contributed by atoms with Crippen LogP contribution in [0.4, 0.5) is 18.9 Å². The van der Waals surface area contributed by atoms with Crippen LogP contribution in [0.2, 0.25) is 0 Å². The van der Waals surface area contributed by atoms with Gasteiger partial charge in [0, 0.05) is 17.5 Å². The molecule has 2 N–H and O–H groups in total. The molecule has 0 aliphatic carbocycles. The number of benzene rings is 1. The number of alkyl halides is 2. The van der Waals surface area contributed by atoms with Gasteiger partial charge in [-0.15, -0.1) is 0 Å². The lowest BCUT2D eigenvalue weighted by atomic mass is 9.90. The Kier molecular flexibility index (Phi) is 3.06. The average Bonchev–Trinajstić information content (AvgIpc) is 2.33. The molecule has 0 saturated heterocycles. The number of nitrogen functional groups attached to an aromatic ring is 1. The molecule has 0 fully saturated rings. The van der Waals surface area contributed by atoms with E-state index < -0.39 is 17.8 Å². The predicted octanol–water partition coefficient (Wildman–Crippen LogP) is 1.97. The first-order valence-corrected chi connectivity index (χ1v) is 5.01. The minimum atomic E-state index is -2.87. The Morgan fingerprint density at radius 3 is 2.76 bits per heavy atom. The lowest BCUT2D eigenvalue weighted by Crippen LogP contribution is -2.41. The molecule has 0 bridgehead atoms. The maximum Gasteiger partial charge on any atom is 0.269 e. The normalized spacial score (nSPS) is 24.2. The second-order valence-corrected chi connectivity index (χ2v) is 3.79. The summed E-state index contributed by atoms with van der Waals surface area (Å²) in [6, 6.07) is 3.54. The van der Waals surface area contributed by atoms with Crippen LogP contribution in [0.25, 0.3) is 0 Å². The van der Waals surface area contributed by atoms with Gasteiger partial charge in [-0.05, 0) is 18.2 Å². The summed E-state index contributed by atoms with van der Waals surface area (Å²) < 4.78 is 44.9. The molecule has 2 rings (SSSR count). The van der Waals surface area contributed by atoms with Gasteiger partial charge in [-0.3, -0.25) is 4.99 Å². The topological polar surface area (TPSA) is 47.6 Å². The van der Waals surface area contributed by atoms with E-state index >= 15 is 0 Å². The first-order valence-electron chi connectivity index (χ1n) is 5.01. The number of halogens is 3. The molecule has 0 unspecified atom stereocenters. The molecule has 1 atom stereocenters. The van der Waals surface area contributed by atoms with E-state index in [2.05, 4.69) is 4.99 Å². The lowest BCUT2D eigenvalue weighted by molar-refractivity contribution is -0.0126. The van der Waals surface area contributed by atoms with Crippen molar-refractivity contribution in [1.82, 2.24) is 0 Å². The maximum absolute atomic E-state index is 13.6. The second kappa shape index (κ2) is 4.37. The molecular formula is C11H11F3N2O. The van der Waals surface area contributed by atoms with Crippen molar-refractivity contribution in [3.05, 3.63) is 29.6 Å². The number of nitrogens with two attached hydrogens (primary N) is 1. The molecule has 0 spiro atoms. The minimum absolute atomic E-state index is 0.151. The highest BCUT2D eigenvalue weighted by Crippen LogP contribution is 2.36. The summed E-state index contributed by atoms with van der Waals surface area (Å²) in [4.78, 5) is 3.74. The molecule has 1 aliphatic heterocycles. The van der Waals surface area contributed by atoms with Gasteiger partial charge in [-0.1, -0.05) is 0 Å². The molecule has 0 amide bonds. The molecule has 1 aliphatic rings. The molecular weight excluding hydrogens is 233 g/mol. The molecule has 92 valence electrons. The third-order valence-corrected chi connectivity index (χ3v) is 2.65. The molecule has 1 heterocycles. The molecule has 6 heteroatoms. The number of anilines is 1. The van der Waals surface area contributed by atoms with Crippen LogP contribution >= 0.6 is 0 Å². The first-order chi connectivity index (χ1) is 8.06. The van der Waals surface area contributed by atoms with E-state index in [1.54, 1.807) is 0 Å². The highest BCUT2D eigenvalue weighted by molar-refractivity contribution is 5.61. The Labute approximate surface area is 96.1 Å². The summed E-state index contributed by atoms with van der Waals surface area (Å²) in [5.74, 6) is -0.762. The summed E-state index contributed by atoms with van der Waals surface area (Å²) in [5, 5.41) is 0. The summed E-state index contributed by atoms with van der Waals surface area (Å²) in [7, 11) is 0. The summed E-state index contributed by atoms with van der Waals surface area (Å²) in [6.07, 6.45) is -1.64. The smallest absolute Gasteiger partial charge is 0.269 e. The largest absolute Gasteiger partial charge is 0.399 e. The van der Waals surface area contributed by atoms with Crippen LogP contribution in [-0.2, 0) is 10.3 Å². The Morgan fingerprint density at radius 2 is 2.18 bits per heavy atom. The van der Waals surface area contributed by atoms with Crippen LogP contribution in [-0.4, -0.2) is 25.9 Å². The number of aliphatic imine (C=N–C) groups is 1. The quantitative estimate of drug-likeness (QED) is 0.808. The monoisotopic (exact) mass is 244 g/mol. The molecule has 0 saturated carbocycles. The van der Waals surface area contributed by atoms with Crippen molar-refractivity contribution in [2.75, 3.05) is 18.9 Å². The van der Waals surface area contributed by atoms with Gasteiger partial charge in [0.05, 0.1) is 13.2 Å². The van der Waals surface area contributed by atoms with E-state index in [-0.39, 0.29) is 24.5 Å². The van der Waals surface area contributed by atoms with Gasteiger partial charge in [-0.2, -0.15) is 0 Å². The number of ether oxygens (including phenoxy) is 1. The summed E-state index contributed by atoms with van der Waals surface area (Å²) in [6.45, 7) is -0.208. The van der Waals surface area contributed by atoms with Crippen molar-refractivity contribution in [2.45, 2.75) is 12.0 Å². The Balaban J connectivity index is 2.56. The van der Waals surface area contributed by atoms with Gasteiger partial charge in [-0.25, -0.2) is 13.2 Å². The zero-order chi connectivity index (χ0) is 12.5. The van der Waals surface area contributed by atoms with E-state index in [0.29, 0.717) is 0 Å². The molecule has 0 aromatic heterocycles. The van der Waals surface area contributed by atoms with E-state index in [1.807, 2.05) is 0 Å². The van der Waals surface area contributed by atoms with Crippen LogP contribution in [0.1, 0.15) is 5.56 Å². The van der Waals surface area contributed by atoms with Crippen LogP contribution in [0.5, 0.6) is 0 Å². The molecule has 17 heavy (non-hydrogen) atoms. The molecule has 0 radical (unpaired) electrons. The van der Waals surface area contributed by atoms with Crippen LogP contribution in [0.15, 0.2) is 23.2 Å². The third-order valence-electron chi connectivity index (χ3n) is 2.65.